The highest BCUT2D eigenvalue weighted by atomic mass is 35.5. The molecule has 0 fully saturated rings. The summed E-state index contributed by atoms with van der Waals surface area (Å²) in [4.78, 5) is 11.3. The average Bonchev–Trinajstić information content (AvgIpc) is 2.29. The van der Waals surface area contributed by atoms with Crippen molar-refractivity contribution in [3.63, 3.8) is 0 Å². The van der Waals surface area contributed by atoms with Gasteiger partial charge < -0.3 is 4.74 Å². The highest BCUT2D eigenvalue weighted by Gasteiger charge is 2.09. The molecule has 0 unspecified atom stereocenters. The first-order chi connectivity index (χ1) is 7.69. The van der Waals surface area contributed by atoms with Gasteiger partial charge in [0.2, 0.25) is 0 Å². The first-order valence-corrected chi connectivity index (χ1v) is 5.85. The van der Waals surface area contributed by atoms with E-state index in [0.29, 0.717) is 10.6 Å². The van der Waals surface area contributed by atoms with Crippen molar-refractivity contribution in [1.29, 1.82) is 0 Å². The number of benzene rings is 1. The number of halogens is 1. The average molecular weight is 257 g/mol. The molecule has 0 saturated carbocycles. The number of esters is 1. The fourth-order valence-corrected chi connectivity index (χ4v) is 1.62. The molecule has 4 heteroatoms. The van der Waals surface area contributed by atoms with Gasteiger partial charge in [0, 0.05) is 0 Å². The van der Waals surface area contributed by atoms with E-state index in [0.717, 1.165) is 17.7 Å². The monoisotopic (exact) mass is 256 g/mol. The number of hydrogen-bond acceptors (Lipinski definition) is 3. The maximum atomic E-state index is 11.3. The summed E-state index contributed by atoms with van der Waals surface area (Å²) in [5.41, 5.74) is 1.34. The van der Waals surface area contributed by atoms with Crippen molar-refractivity contribution in [2.45, 2.75) is 6.42 Å². The van der Waals surface area contributed by atoms with E-state index < -0.39 is 5.97 Å². The van der Waals surface area contributed by atoms with Crippen molar-refractivity contribution in [3.05, 3.63) is 40.4 Å². The Kier molecular flexibility index (Phi) is 5.43. The first kappa shape index (κ1) is 13.1. The number of carbonyl (C=O) groups is 1. The Labute approximate surface area is 106 Å². The highest BCUT2D eigenvalue weighted by molar-refractivity contribution is 7.80. The molecule has 0 heterocycles. The van der Waals surface area contributed by atoms with Gasteiger partial charge in [-0.1, -0.05) is 29.8 Å². The van der Waals surface area contributed by atoms with E-state index in [1.54, 1.807) is 12.1 Å². The second kappa shape index (κ2) is 6.61. The zero-order chi connectivity index (χ0) is 12.0. The zero-order valence-corrected chi connectivity index (χ0v) is 10.6. The Bertz CT molecular complexity index is 402. The summed E-state index contributed by atoms with van der Waals surface area (Å²) in [5, 5.41) is 0.403. The van der Waals surface area contributed by atoms with E-state index in [1.165, 1.54) is 7.11 Å². The number of thiol groups is 1. The topological polar surface area (TPSA) is 26.3 Å². The van der Waals surface area contributed by atoms with Crippen LogP contribution in [0.2, 0.25) is 5.02 Å². The molecule has 0 aliphatic carbocycles. The minimum absolute atomic E-state index is 0.385. The largest absolute Gasteiger partial charge is 0.465 e. The predicted molar refractivity (Wildman–Crippen MR) is 70.3 cm³/mol. The fraction of sp³-hybridized carbons (Fsp3) is 0.250. The van der Waals surface area contributed by atoms with Gasteiger partial charge in [-0.05, 0) is 29.9 Å². The summed E-state index contributed by atoms with van der Waals surface area (Å²) in [6.07, 6.45) is 4.86. The summed E-state index contributed by atoms with van der Waals surface area (Å²) in [7, 11) is 1.33. The Morgan fingerprint density at radius 1 is 1.56 bits per heavy atom. The van der Waals surface area contributed by atoms with E-state index in [-0.39, 0.29) is 0 Å². The van der Waals surface area contributed by atoms with Crippen LogP contribution in [0.3, 0.4) is 0 Å². The molecule has 0 aliphatic heterocycles. The van der Waals surface area contributed by atoms with Gasteiger partial charge in [0.1, 0.15) is 0 Å². The number of methoxy groups -OCH3 is 1. The van der Waals surface area contributed by atoms with Gasteiger partial charge in [-0.3, -0.25) is 0 Å². The third-order valence-corrected chi connectivity index (χ3v) is 2.58. The highest BCUT2D eigenvalue weighted by Crippen LogP contribution is 2.19. The lowest BCUT2D eigenvalue weighted by molar-refractivity contribution is 0.0601. The lowest BCUT2D eigenvalue weighted by Gasteiger charge is -2.02. The second-order valence-electron chi connectivity index (χ2n) is 3.15. The SMILES string of the molecule is COC(=O)c1ccc(C=CCCS)cc1Cl. The maximum Gasteiger partial charge on any atom is 0.339 e. The van der Waals surface area contributed by atoms with E-state index >= 15 is 0 Å². The number of allylic oxidation sites excluding steroid dienone is 1. The van der Waals surface area contributed by atoms with Crippen molar-refractivity contribution in [2.24, 2.45) is 0 Å². The van der Waals surface area contributed by atoms with E-state index in [2.05, 4.69) is 17.4 Å². The van der Waals surface area contributed by atoms with Gasteiger partial charge in [-0.15, -0.1) is 0 Å². The zero-order valence-electron chi connectivity index (χ0n) is 8.94. The first-order valence-electron chi connectivity index (χ1n) is 4.84. The molecule has 0 atom stereocenters. The number of carbonyl (C=O) groups excluding carboxylic acids is 1. The van der Waals surface area contributed by atoms with Crippen molar-refractivity contribution < 1.29 is 9.53 Å². The van der Waals surface area contributed by atoms with Crippen molar-refractivity contribution in [2.75, 3.05) is 12.9 Å². The Morgan fingerprint density at radius 2 is 2.31 bits per heavy atom. The molecule has 86 valence electrons. The smallest absolute Gasteiger partial charge is 0.339 e. The molecule has 0 N–H and O–H groups in total. The van der Waals surface area contributed by atoms with Crippen LogP contribution < -0.4 is 0 Å². The molecule has 2 nitrogen and oxygen atoms in total. The number of rotatable bonds is 4. The van der Waals surface area contributed by atoms with Crippen LogP contribution in [0.15, 0.2) is 24.3 Å². The molecule has 0 amide bonds. The van der Waals surface area contributed by atoms with Gasteiger partial charge in [-0.25, -0.2) is 4.79 Å². The standard InChI is InChI=1S/C12H13ClO2S/c1-15-12(14)10-6-5-9(8-11(10)13)4-2-3-7-16/h2,4-6,8,16H,3,7H2,1H3. The minimum atomic E-state index is -0.420. The van der Waals surface area contributed by atoms with Crippen LogP contribution in [0.5, 0.6) is 0 Å². The molecule has 0 bridgehead atoms. The normalized spacial score (nSPS) is 10.7. The molecule has 1 aromatic rings. The van der Waals surface area contributed by atoms with Gasteiger partial charge in [0.05, 0.1) is 17.7 Å². The molecule has 0 radical (unpaired) electrons. The number of hydrogen-bond donors (Lipinski definition) is 1. The summed E-state index contributed by atoms with van der Waals surface area (Å²) in [6, 6.07) is 5.23. The van der Waals surface area contributed by atoms with Crippen LogP contribution in [0, 0.1) is 0 Å². The quantitative estimate of drug-likeness (QED) is 0.660. The molecule has 0 spiro atoms. The second-order valence-corrected chi connectivity index (χ2v) is 4.00. The van der Waals surface area contributed by atoms with E-state index in [1.807, 2.05) is 18.2 Å². The molecule has 16 heavy (non-hydrogen) atoms. The molecule has 0 aliphatic rings. The predicted octanol–water partition coefficient (Wildman–Crippen LogP) is 3.46. The van der Waals surface area contributed by atoms with Crippen molar-refractivity contribution in [3.8, 4) is 0 Å². The van der Waals surface area contributed by atoms with Crippen LogP contribution >= 0.6 is 24.2 Å². The van der Waals surface area contributed by atoms with Crippen LogP contribution in [0.25, 0.3) is 6.08 Å². The molecule has 1 rings (SSSR count). The third kappa shape index (κ3) is 3.58. The summed E-state index contributed by atoms with van der Waals surface area (Å²) >= 11 is 10.1. The van der Waals surface area contributed by atoms with Crippen molar-refractivity contribution in [1.82, 2.24) is 0 Å². The van der Waals surface area contributed by atoms with Crippen LogP contribution in [-0.2, 0) is 4.74 Å². The van der Waals surface area contributed by atoms with Crippen LogP contribution in [0.1, 0.15) is 22.3 Å². The Balaban J connectivity index is 2.86. The van der Waals surface area contributed by atoms with E-state index in [4.69, 9.17) is 11.6 Å². The summed E-state index contributed by atoms with van der Waals surface area (Å²) in [5.74, 6) is 0.390. The van der Waals surface area contributed by atoms with E-state index in [9.17, 15) is 4.79 Å². The summed E-state index contributed by atoms with van der Waals surface area (Å²) < 4.78 is 4.60. The van der Waals surface area contributed by atoms with Gasteiger partial charge in [0.15, 0.2) is 0 Å². The summed E-state index contributed by atoms with van der Waals surface area (Å²) in [6.45, 7) is 0. The molecular weight excluding hydrogens is 244 g/mol. The molecular formula is C12H13ClO2S. The number of ether oxygens (including phenoxy) is 1. The molecule has 0 aromatic heterocycles. The molecule has 0 saturated heterocycles. The van der Waals surface area contributed by atoms with Crippen LogP contribution in [-0.4, -0.2) is 18.8 Å². The van der Waals surface area contributed by atoms with Gasteiger partial charge in [-0.2, -0.15) is 12.6 Å². The lowest BCUT2D eigenvalue weighted by Crippen LogP contribution is -2.01. The molecule has 1 aromatic carbocycles. The van der Waals surface area contributed by atoms with Crippen LogP contribution in [0.4, 0.5) is 0 Å². The fourth-order valence-electron chi connectivity index (χ4n) is 1.20. The Hall–Kier alpha value is -0.930. The Morgan fingerprint density at radius 3 is 2.88 bits per heavy atom. The lowest BCUT2D eigenvalue weighted by atomic mass is 10.1. The van der Waals surface area contributed by atoms with Crippen molar-refractivity contribution >= 4 is 36.3 Å². The maximum absolute atomic E-state index is 11.3. The third-order valence-electron chi connectivity index (χ3n) is 2.00. The van der Waals surface area contributed by atoms with Gasteiger partial charge in [0.25, 0.3) is 0 Å². The minimum Gasteiger partial charge on any atom is -0.465 e. The van der Waals surface area contributed by atoms with Gasteiger partial charge >= 0.3 is 5.97 Å².